The van der Waals surface area contributed by atoms with E-state index in [0.29, 0.717) is 5.82 Å². The molecular formula is C19H23ClN4O3. The number of rotatable bonds is 5. The minimum atomic E-state index is -0.923. The molecule has 1 unspecified atom stereocenters. The molecule has 0 radical (unpaired) electrons. The van der Waals surface area contributed by atoms with E-state index in [1.807, 2.05) is 19.9 Å². The first-order valence-corrected chi connectivity index (χ1v) is 9.44. The van der Waals surface area contributed by atoms with Crippen LogP contribution >= 0.6 is 11.6 Å². The lowest BCUT2D eigenvalue weighted by atomic mass is 10.2. The van der Waals surface area contributed by atoms with Gasteiger partial charge in [-0.3, -0.25) is 4.79 Å². The Morgan fingerprint density at radius 3 is 2.63 bits per heavy atom. The number of nitrogens with zero attached hydrogens (tertiary/aromatic N) is 3. The molecule has 1 N–H and O–H groups in total. The van der Waals surface area contributed by atoms with Gasteiger partial charge in [0.1, 0.15) is 0 Å². The standard InChI is InChI=1S/C19H23ClN4O3/c1-11-10-12(2)24(23-11)16-9-8-15(20)17(22-16)19(26)27-13(3)18(25)21-14-6-4-5-7-14/h8-10,13-14H,4-7H2,1-3H3,(H,21,25). The fourth-order valence-corrected chi connectivity index (χ4v) is 3.39. The molecule has 27 heavy (non-hydrogen) atoms. The number of ether oxygens (including phenoxy) is 1. The van der Waals surface area contributed by atoms with E-state index in [0.717, 1.165) is 37.1 Å². The summed E-state index contributed by atoms with van der Waals surface area (Å²) < 4.78 is 6.91. The summed E-state index contributed by atoms with van der Waals surface area (Å²) in [6.45, 7) is 5.31. The zero-order chi connectivity index (χ0) is 19.6. The number of hydrogen-bond donors (Lipinski definition) is 1. The number of aryl methyl sites for hydroxylation is 2. The Bertz CT molecular complexity index is 859. The Hall–Kier alpha value is -2.41. The third-order valence-corrected chi connectivity index (χ3v) is 4.91. The van der Waals surface area contributed by atoms with E-state index in [1.165, 1.54) is 0 Å². The number of esters is 1. The summed E-state index contributed by atoms with van der Waals surface area (Å²) >= 11 is 6.13. The Morgan fingerprint density at radius 1 is 1.30 bits per heavy atom. The molecule has 2 heterocycles. The second-order valence-corrected chi connectivity index (χ2v) is 7.28. The minimum Gasteiger partial charge on any atom is -0.448 e. The van der Waals surface area contributed by atoms with Crippen LogP contribution in [0.4, 0.5) is 0 Å². The number of aromatic nitrogens is 3. The van der Waals surface area contributed by atoms with Crippen molar-refractivity contribution in [2.24, 2.45) is 0 Å². The van der Waals surface area contributed by atoms with Crippen molar-refractivity contribution < 1.29 is 14.3 Å². The van der Waals surface area contributed by atoms with Gasteiger partial charge < -0.3 is 10.1 Å². The number of pyridine rings is 1. The van der Waals surface area contributed by atoms with E-state index >= 15 is 0 Å². The first-order valence-electron chi connectivity index (χ1n) is 9.06. The topological polar surface area (TPSA) is 86.1 Å². The molecular weight excluding hydrogens is 368 g/mol. The van der Waals surface area contributed by atoms with Gasteiger partial charge in [-0.1, -0.05) is 24.4 Å². The highest BCUT2D eigenvalue weighted by Crippen LogP contribution is 2.20. The van der Waals surface area contributed by atoms with Crippen molar-refractivity contribution in [2.75, 3.05) is 0 Å². The SMILES string of the molecule is Cc1cc(C)n(-c2ccc(Cl)c(C(=O)OC(C)C(=O)NC3CCCC3)n2)n1. The van der Waals surface area contributed by atoms with Gasteiger partial charge in [0.25, 0.3) is 5.91 Å². The molecule has 1 fully saturated rings. The van der Waals surface area contributed by atoms with Crippen molar-refractivity contribution in [3.8, 4) is 5.82 Å². The van der Waals surface area contributed by atoms with Crippen molar-refractivity contribution in [3.63, 3.8) is 0 Å². The van der Waals surface area contributed by atoms with E-state index in [2.05, 4.69) is 15.4 Å². The second-order valence-electron chi connectivity index (χ2n) is 6.88. The minimum absolute atomic E-state index is 0.0396. The zero-order valence-electron chi connectivity index (χ0n) is 15.7. The predicted molar refractivity (Wildman–Crippen MR) is 101 cm³/mol. The van der Waals surface area contributed by atoms with E-state index < -0.39 is 12.1 Å². The first kappa shape index (κ1) is 19.4. The number of carbonyl (C=O) groups is 2. The van der Waals surface area contributed by atoms with Gasteiger partial charge in [0.15, 0.2) is 17.6 Å². The third kappa shape index (κ3) is 4.47. The largest absolute Gasteiger partial charge is 0.448 e. The Labute approximate surface area is 163 Å². The number of carbonyl (C=O) groups excluding carboxylic acids is 2. The van der Waals surface area contributed by atoms with Gasteiger partial charge in [-0.05, 0) is 51.8 Å². The summed E-state index contributed by atoms with van der Waals surface area (Å²) in [5, 5.41) is 7.43. The highest BCUT2D eigenvalue weighted by atomic mass is 35.5. The third-order valence-electron chi connectivity index (χ3n) is 4.61. The normalized spacial score (nSPS) is 15.6. The monoisotopic (exact) mass is 390 g/mol. The average molecular weight is 391 g/mol. The number of nitrogens with one attached hydrogen (secondary N) is 1. The molecule has 0 bridgehead atoms. The van der Waals surface area contributed by atoms with Crippen LogP contribution in [-0.2, 0) is 9.53 Å². The molecule has 0 saturated heterocycles. The number of hydrogen-bond acceptors (Lipinski definition) is 5. The van der Waals surface area contributed by atoms with Crippen molar-refractivity contribution in [1.29, 1.82) is 0 Å². The van der Waals surface area contributed by atoms with Crippen molar-refractivity contribution >= 4 is 23.5 Å². The summed E-state index contributed by atoms with van der Waals surface area (Å²) in [5.74, 6) is -0.585. The summed E-state index contributed by atoms with van der Waals surface area (Å²) in [6.07, 6.45) is 3.22. The van der Waals surface area contributed by atoms with Crippen molar-refractivity contribution in [1.82, 2.24) is 20.1 Å². The molecule has 0 aliphatic heterocycles. The van der Waals surface area contributed by atoms with E-state index in [1.54, 1.807) is 23.7 Å². The van der Waals surface area contributed by atoms with Crippen LogP contribution in [0.15, 0.2) is 18.2 Å². The van der Waals surface area contributed by atoms with E-state index in [-0.39, 0.29) is 22.7 Å². The molecule has 8 heteroatoms. The van der Waals surface area contributed by atoms with Crippen LogP contribution in [-0.4, -0.2) is 38.8 Å². The molecule has 2 aromatic rings. The van der Waals surface area contributed by atoms with Crippen LogP contribution in [0.1, 0.15) is 54.5 Å². The summed E-state index contributed by atoms with van der Waals surface area (Å²) in [5.41, 5.74) is 1.68. The van der Waals surface area contributed by atoms with Crippen molar-refractivity contribution in [2.45, 2.75) is 58.6 Å². The van der Waals surface area contributed by atoms with Crippen LogP contribution in [0.5, 0.6) is 0 Å². The lowest BCUT2D eigenvalue weighted by molar-refractivity contribution is -0.129. The molecule has 0 aromatic carbocycles. The van der Waals surface area contributed by atoms with Crippen LogP contribution in [0.2, 0.25) is 5.02 Å². The fraction of sp³-hybridized carbons (Fsp3) is 0.474. The van der Waals surface area contributed by atoms with Crippen LogP contribution < -0.4 is 5.32 Å². The Kier molecular flexibility index (Phi) is 5.79. The van der Waals surface area contributed by atoms with Crippen LogP contribution in [0, 0.1) is 13.8 Å². The highest BCUT2D eigenvalue weighted by molar-refractivity contribution is 6.33. The number of halogens is 1. The quantitative estimate of drug-likeness (QED) is 0.792. The van der Waals surface area contributed by atoms with Crippen molar-refractivity contribution in [3.05, 3.63) is 40.3 Å². The summed E-state index contributed by atoms with van der Waals surface area (Å²) in [7, 11) is 0. The predicted octanol–water partition coefficient (Wildman–Crippen LogP) is 3.14. The maximum Gasteiger partial charge on any atom is 0.359 e. The van der Waals surface area contributed by atoms with Gasteiger partial charge in [0, 0.05) is 11.7 Å². The smallest absolute Gasteiger partial charge is 0.359 e. The number of amides is 1. The Morgan fingerprint density at radius 2 is 2.00 bits per heavy atom. The molecule has 1 saturated carbocycles. The molecule has 144 valence electrons. The van der Waals surface area contributed by atoms with Gasteiger partial charge in [0.05, 0.1) is 10.7 Å². The zero-order valence-corrected chi connectivity index (χ0v) is 16.4. The van der Waals surface area contributed by atoms with Crippen LogP contribution in [0.3, 0.4) is 0 Å². The summed E-state index contributed by atoms with van der Waals surface area (Å²) in [6, 6.07) is 5.31. The van der Waals surface area contributed by atoms with Gasteiger partial charge >= 0.3 is 5.97 Å². The molecule has 2 aromatic heterocycles. The van der Waals surface area contributed by atoms with Gasteiger partial charge in [-0.2, -0.15) is 5.10 Å². The van der Waals surface area contributed by atoms with E-state index in [9.17, 15) is 9.59 Å². The maximum absolute atomic E-state index is 12.5. The van der Waals surface area contributed by atoms with Crippen LogP contribution in [0.25, 0.3) is 5.82 Å². The molecule has 1 amide bonds. The molecule has 3 rings (SSSR count). The van der Waals surface area contributed by atoms with Gasteiger partial charge in [0.2, 0.25) is 0 Å². The fourth-order valence-electron chi connectivity index (χ4n) is 3.21. The molecule has 7 nitrogen and oxygen atoms in total. The molecule has 1 aliphatic rings. The molecule has 1 aliphatic carbocycles. The lowest BCUT2D eigenvalue weighted by Crippen LogP contribution is -2.41. The van der Waals surface area contributed by atoms with E-state index in [4.69, 9.17) is 16.3 Å². The average Bonchev–Trinajstić information content (AvgIpc) is 3.24. The highest BCUT2D eigenvalue weighted by Gasteiger charge is 2.25. The van der Waals surface area contributed by atoms with Gasteiger partial charge in [-0.15, -0.1) is 0 Å². The van der Waals surface area contributed by atoms with Gasteiger partial charge in [-0.25, -0.2) is 14.5 Å². The second kappa shape index (κ2) is 8.08. The lowest BCUT2D eigenvalue weighted by Gasteiger charge is -2.17. The first-order chi connectivity index (χ1) is 12.8. The molecule has 1 atom stereocenters. The molecule has 0 spiro atoms. The Balaban J connectivity index is 1.73. The maximum atomic E-state index is 12.5. The summed E-state index contributed by atoms with van der Waals surface area (Å²) in [4.78, 5) is 29.0.